The number of Topliss-reactive ketones (excluding diaryl/α,β-unsaturated/α-hetero) is 2. The molecule has 3 unspecified atom stereocenters. The Morgan fingerprint density at radius 2 is 1.56 bits per heavy atom. The zero-order chi connectivity index (χ0) is 29.9. The Bertz CT molecular complexity index is 830. The number of nitrogens with zero attached hydrogens (tertiary/aromatic N) is 2. The van der Waals surface area contributed by atoms with E-state index < -0.39 is 17.7 Å². The molecule has 3 atom stereocenters. The van der Waals surface area contributed by atoms with E-state index in [1.807, 2.05) is 39.8 Å². The van der Waals surface area contributed by atoms with Crippen molar-refractivity contribution in [1.29, 1.82) is 0 Å². The summed E-state index contributed by atoms with van der Waals surface area (Å²) in [4.78, 5) is 67.9. The molecule has 39 heavy (non-hydrogen) atoms. The first-order valence-corrected chi connectivity index (χ1v) is 15.4. The largest absolute Gasteiger partial charge is 0.468 e. The Morgan fingerprint density at radius 3 is 2.10 bits per heavy atom. The summed E-state index contributed by atoms with van der Waals surface area (Å²) < 4.78 is 11.9. The van der Waals surface area contributed by atoms with Gasteiger partial charge in [0.25, 0.3) is 0 Å². The molecule has 1 amide bonds. The lowest BCUT2D eigenvalue weighted by molar-refractivity contribution is -0.153. The molecule has 0 aliphatic heterocycles. The van der Waals surface area contributed by atoms with Gasteiger partial charge in [-0.05, 0) is 26.8 Å². The van der Waals surface area contributed by atoms with Gasteiger partial charge in [0.2, 0.25) is 5.91 Å². The normalized spacial score (nSPS) is 16.8. The second kappa shape index (κ2) is 21.4. The number of thioether (sulfide) groups is 2. The quantitative estimate of drug-likeness (QED) is 0.0443. The molecule has 0 aromatic heterocycles. The summed E-state index contributed by atoms with van der Waals surface area (Å²) in [6.45, 7) is 2.45. The molecule has 0 radical (unpaired) electrons. The van der Waals surface area contributed by atoms with Gasteiger partial charge in [0.15, 0.2) is 0 Å². The van der Waals surface area contributed by atoms with Crippen LogP contribution in [0.15, 0.2) is 0 Å². The topological polar surface area (TPSA) is 146 Å². The van der Waals surface area contributed by atoms with Gasteiger partial charge in [-0.3, -0.25) is 33.4 Å². The van der Waals surface area contributed by atoms with Crippen LogP contribution in [0.5, 0.6) is 0 Å². The summed E-state index contributed by atoms with van der Waals surface area (Å²) in [5.74, 6) is -0.339. The highest BCUT2D eigenvalue weighted by Gasteiger charge is 2.31. The minimum Gasteiger partial charge on any atom is -0.468 e. The van der Waals surface area contributed by atoms with Crippen LogP contribution in [0.25, 0.3) is 0 Å². The number of methoxy groups -OCH3 is 1. The lowest BCUT2D eigenvalue weighted by Gasteiger charge is -2.35. The fraction of sp³-hybridized carbons (Fsp3) is 0.750. The van der Waals surface area contributed by atoms with Crippen molar-refractivity contribution in [2.75, 3.05) is 84.6 Å². The van der Waals surface area contributed by atoms with E-state index in [4.69, 9.17) is 10.9 Å². The maximum absolute atomic E-state index is 12.7. The van der Waals surface area contributed by atoms with Crippen molar-refractivity contribution in [2.45, 2.75) is 30.3 Å². The van der Waals surface area contributed by atoms with Crippen LogP contribution in [0.3, 0.4) is 0 Å². The van der Waals surface area contributed by atoms with E-state index in [0.29, 0.717) is 17.0 Å². The maximum Gasteiger partial charge on any atom is 0.338 e. The first-order chi connectivity index (χ1) is 19.0. The summed E-state index contributed by atoms with van der Waals surface area (Å²) >= 11 is 3.85. The standard InChI is InChI=1S/C24H43N5O7PS2/c1-18(30)13-28(15-23(33)35-3)8-9-29(16-24(34)36-27-12-19(31)17-37)14-22(32)26-7-11-39-21-5-4-20(21)38-10-6-25-2/h17,20-21,25,27H,4-16,37H2,1-3H3,(H,26,32)/q-1/i17T. The molecule has 1 rings (SSSR count). The van der Waals surface area contributed by atoms with Crippen molar-refractivity contribution in [3.63, 3.8) is 0 Å². The molecule has 1 saturated carbocycles. The van der Waals surface area contributed by atoms with E-state index in [0.717, 1.165) is 18.1 Å². The molecule has 3 N–H and O–H groups in total. The summed E-state index contributed by atoms with van der Waals surface area (Å²) in [6, 6.07) is 0. The van der Waals surface area contributed by atoms with Gasteiger partial charge < -0.3 is 31.1 Å². The fourth-order valence-electron chi connectivity index (χ4n) is 3.51. The van der Waals surface area contributed by atoms with E-state index in [9.17, 15) is 24.0 Å². The highest BCUT2D eigenvalue weighted by Crippen LogP contribution is 2.39. The molecule has 0 bridgehead atoms. The molecule has 0 aromatic carbocycles. The number of ketones is 2. The molecular weight excluding hydrogens is 565 g/mol. The van der Waals surface area contributed by atoms with E-state index in [-0.39, 0.29) is 63.6 Å². The minimum atomic E-state index is -0.732. The lowest BCUT2D eigenvalue weighted by Crippen LogP contribution is -2.46. The molecule has 1 fully saturated rings. The van der Waals surface area contributed by atoms with Crippen molar-refractivity contribution in [2.24, 2.45) is 0 Å². The van der Waals surface area contributed by atoms with Crippen molar-refractivity contribution >= 4 is 62.2 Å². The number of hydroxylamine groups is 1. The zero-order valence-corrected chi connectivity index (χ0v) is 25.8. The van der Waals surface area contributed by atoms with Gasteiger partial charge in [-0.25, -0.2) is 4.79 Å². The predicted molar refractivity (Wildman–Crippen MR) is 157 cm³/mol. The number of amides is 1. The van der Waals surface area contributed by atoms with Crippen LogP contribution in [-0.2, 0) is 33.5 Å². The Hall–Kier alpha value is -1.41. The predicted octanol–water partition coefficient (Wildman–Crippen LogP) is -0.661. The van der Waals surface area contributed by atoms with Gasteiger partial charge in [0.1, 0.15) is 5.78 Å². The molecule has 12 nitrogen and oxygen atoms in total. The van der Waals surface area contributed by atoms with Crippen LogP contribution in [0.2, 0.25) is 0 Å². The van der Waals surface area contributed by atoms with Crippen molar-refractivity contribution < 1.29 is 34.9 Å². The van der Waals surface area contributed by atoms with Crippen molar-refractivity contribution in [1.82, 2.24) is 25.9 Å². The summed E-state index contributed by atoms with van der Waals surface area (Å²) in [7, 11) is 5.16. The van der Waals surface area contributed by atoms with E-state index in [2.05, 4.69) is 16.1 Å². The number of carbonyl (C=O) groups is 5. The van der Waals surface area contributed by atoms with Gasteiger partial charge in [0.05, 0.1) is 39.8 Å². The fourth-order valence-corrected chi connectivity index (χ4v) is 6.54. The smallest absolute Gasteiger partial charge is 0.338 e. The molecule has 0 heterocycles. The second-order valence-corrected chi connectivity index (χ2v) is 11.9. The number of ether oxygens (including phenoxy) is 1. The van der Waals surface area contributed by atoms with Crippen LogP contribution in [0.1, 0.15) is 21.1 Å². The first-order valence-electron chi connectivity index (χ1n) is 13.3. The highest BCUT2D eigenvalue weighted by molar-refractivity contribution is 8.04. The van der Waals surface area contributed by atoms with Crippen molar-refractivity contribution in [3.05, 3.63) is 6.14 Å². The molecule has 0 saturated heterocycles. The maximum atomic E-state index is 12.7. The molecule has 0 spiro atoms. The zero-order valence-electron chi connectivity index (χ0n) is 24.0. The summed E-state index contributed by atoms with van der Waals surface area (Å²) in [5.41, 5.74) is 2.23. The minimum absolute atomic E-state index is 0.0108. The molecule has 1 aliphatic carbocycles. The number of rotatable bonds is 23. The third-order valence-corrected chi connectivity index (χ3v) is 9.01. The number of hydrogen-bond acceptors (Lipinski definition) is 13. The van der Waals surface area contributed by atoms with E-state index in [1.54, 1.807) is 4.90 Å². The van der Waals surface area contributed by atoms with Gasteiger partial charge in [-0.15, -0.1) is 5.48 Å². The second-order valence-electron chi connectivity index (χ2n) is 8.91. The summed E-state index contributed by atoms with van der Waals surface area (Å²) in [6.07, 6.45) is 2.16. The Labute approximate surface area is 243 Å². The number of carbonyl (C=O) groups excluding carboxylic acids is 5. The summed E-state index contributed by atoms with van der Waals surface area (Å²) in [5, 5.41) is 7.30. The van der Waals surface area contributed by atoms with Gasteiger partial charge in [-0.1, -0.05) is 0 Å². The van der Waals surface area contributed by atoms with E-state index in [1.165, 1.54) is 31.8 Å². The molecule has 0 aromatic rings. The third-order valence-electron chi connectivity index (χ3n) is 5.65. The first kappa shape index (κ1) is 33.8. The van der Waals surface area contributed by atoms with Gasteiger partial charge >= 0.3 is 11.9 Å². The number of hydrogen-bond donors (Lipinski definition) is 3. The van der Waals surface area contributed by atoms with Crippen LogP contribution < -0.4 is 16.1 Å². The average Bonchev–Trinajstić information content (AvgIpc) is 2.88. The Morgan fingerprint density at radius 1 is 0.974 bits per heavy atom. The van der Waals surface area contributed by atoms with Crippen LogP contribution >= 0.6 is 32.8 Å². The highest BCUT2D eigenvalue weighted by atomic mass is 32.2. The molecular formula is C24H43N5O7PS2-. The average molecular weight is 611 g/mol. The molecule has 15 heteroatoms. The van der Waals surface area contributed by atoms with Gasteiger partial charge in [-0.2, -0.15) is 24.9 Å². The number of esters is 1. The molecule has 1 aliphatic rings. The van der Waals surface area contributed by atoms with E-state index >= 15 is 0 Å². The van der Waals surface area contributed by atoms with Crippen molar-refractivity contribution in [3.8, 4) is 0 Å². The van der Waals surface area contributed by atoms with Gasteiger partial charge in [0, 0.05) is 54.0 Å². The lowest BCUT2D eigenvalue weighted by atomic mass is 9.99. The Kier molecular flexibility index (Phi) is 18.5. The third kappa shape index (κ3) is 17.1. The van der Waals surface area contributed by atoms with Crippen LogP contribution in [0.4, 0.5) is 0 Å². The Balaban J connectivity index is 2.59. The monoisotopic (exact) mass is 610 g/mol. The number of nitrogens with one attached hydrogen (secondary N) is 3. The molecule has 224 valence electrons. The van der Waals surface area contributed by atoms with Crippen LogP contribution in [-0.4, -0.2) is 134 Å². The van der Waals surface area contributed by atoms with Crippen LogP contribution in [0, 0.1) is 6.14 Å². The SMILES string of the molecule is [3H][C-](P)C(=O)CNOC(=O)CN(CCN(CC(C)=O)CC(=O)OC)CC(=O)NCCSC1CCC1SCCNC.